The van der Waals surface area contributed by atoms with Crippen molar-refractivity contribution in [2.45, 2.75) is 64.0 Å². The second-order valence-corrected chi connectivity index (χ2v) is 7.44. The lowest BCUT2D eigenvalue weighted by molar-refractivity contribution is -0.134. The van der Waals surface area contributed by atoms with Crippen molar-refractivity contribution in [3.05, 3.63) is 35.9 Å². The Bertz CT molecular complexity index is 754. The van der Waals surface area contributed by atoms with Gasteiger partial charge in [-0.05, 0) is 25.3 Å². The van der Waals surface area contributed by atoms with Crippen molar-refractivity contribution >= 4 is 23.4 Å². The van der Waals surface area contributed by atoms with Crippen LogP contribution in [0.25, 0.3) is 0 Å². The van der Waals surface area contributed by atoms with Crippen molar-refractivity contribution in [3.63, 3.8) is 0 Å². The van der Waals surface area contributed by atoms with Gasteiger partial charge >= 0.3 is 0 Å². The molecular weight excluding hydrogens is 356 g/mol. The summed E-state index contributed by atoms with van der Waals surface area (Å²) >= 11 is 0. The minimum absolute atomic E-state index is 0.100. The molecule has 0 radical (unpaired) electrons. The van der Waals surface area contributed by atoms with Gasteiger partial charge in [0.15, 0.2) is 0 Å². The first-order chi connectivity index (χ1) is 13.5. The molecule has 28 heavy (non-hydrogen) atoms. The molecule has 0 unspecified atom stereocenters. The van der Waals surface area contributed by atoms with Crippen LogP contribution in [0.4, 0.5) is 0 Å². The van der Waals surface area contributed by atoms with Crippen LogP contribution in [0, 0.1) is 0 Å². The molecule has 7 heteroatoms. The van der Waals surface area contributed by atoms with E-state index in [1.165, 1.54) is 5.01 Å². The molecule has 3 amide bonds. The third-order valence-corrected chi connectivity index (χ3v) is 5.37. The number of nitrogens with zero attached hydrogens (tertiary/aromatic N) is 2. The van der Waals surface area contributed by atoms with Crippen molar-refractivity contribution in [1.82, 2.24) is 15.6 Å². The summed E-state index contributed by atoms with van der Waals surface area (Å²) in [5, 5.41) is 11.5. The SMILES string of the molecule is CCNC(=O)C1(NC(=O)C2=NN(Cc3ccccc3)C(=O)CC2)CCCCC1. The fourth-order valence-electron chi connectivity index (χ4n) is 3.83. The number of likely N-dealkylation sites (N-methyl/N-ethyl adjacent to an activating group) is 1. The molecule has 2 N–H and O–H groups in total. The predicted octanol–water partition coefficient (Wildman–Crippen LogP) is 2.12. The van der Waals surface area contributed by atoms with Crippen LogP contribution >= 0.6 is 0 Å². The number of carbonyl (C=O) groups excluding carboxylic acids is 3. The average Bonchev–Trinajstić information content (AvgIpc) is 2.71. The summed E-state index contributed by atoms with van der Waals surface area (Å²) in [6.07, 6.45) is 4.67. The van der Waals surface area contributed by atoms with Gasteiger partial charge in [0.25, 0.3) is 5.91 Å². The minimum Gasteiger partial charge on any atom is -0.354 e. The van der Waals surface area contributed by atoms with E-state index in [9.17, 15) is 14.4 Å². The first kappa shape index (κ1) is 20.0. The van der Waals surface area contributed by atoms with Gasteiger partial charge in [-0.1, -0.05) is 49.6 Å². The Morgan fingerprint density at radius 2 is 1.82 bits per heavy atom. The van der Waals surface area contributed by atoms with Gasteiger partial charge in [0.1, 0.15) is 11.3 Å². The predicted molar refractivity (Wildman–Crippen MR) is 106 cm³/mol. The van der Waals surface area contributed by atoms with Crippen molar-refractivity contribution in [3.8, 4) is 0 Å². The monoisotopic (exact) mass is 384 g/mol. The number of hydrazone groups is 1. The number of nitrogens with one attached hydrogen (secondary N) is 2. The second kappa shape index (κ2) is 8.99. The lowest BCUT2D eigenvalue weighted by Crippen LogP contribution is -2.61. The molecule has 150 valence electrons. The number of hydrogen-bond donors (Lipinski definition) is 2. The molecule has 1 aromatic carbocycles. The summed E-state index contributed by atoms with van der Waals surface area (Å²) in [7, 11) is 0. The van der Waals surface area contributed by atoms with Crippen molar-refractivity contribution in [2.24, 2.45) is 5.10 Å². The molecule has 0 saturated heterocycles. The van der Waals surface area contributed by atoms with Crippen LogP contribution < -0.4 is 10.6 Å². The number of rotatable bonds is 6. The van der Waals surface area contributed by atoms with Gasteiger partial charge < -0.3 is 10.6 Å². The van der Waals surface area contributed by atoms with Crippen LogP contribution in [0.2, 0.25) is 0 Å². The summed E-state index contributed by atoms with van der Waals surface area (Å²) in [6.45, 7) is 2.73. The van der Waals surface area contributed by atoms with Crippen molar-refractivity contribution < 1.29 is 14.4 Å². The van der Waals surface area contributed by atoms with Crippen molar-refractivity contribution in [1.29, 1.82) is 0 Å². The summed E-state index contributed by atoms with van der Waals surface area (Å²) in [4.78, 5) is 37.8. The van der Waals surface area contributed by atoms with Gasteiger partial charge in [-0.3, -0.25) is 14.4 Å². The molecule has 0 bridgehead atoms. The molecule has 2 aliphatic rings. The quantitative estimate of drug-likeness (QED) is 0.787. The molecule has 1 aliphatic heterocycles. The third-order valence-electron chi connectivity index (χ3n) is 5.37. The fraction of sp³-hybridized carbons (Fsp3) is 0.524. The highest BCUT2D eigenvalue weighted by Crippen LogP contribution is 2.29. The van der Waals surface area contributed by atoms with Crippen LogP contribution in [0.1, 0.15) is 57.4 Å². The highest BCUT2D eigenvalue weighted by Gasteiger charge is 2.41. The van der Waals surface area contributed by atoms with Crippen LogP contribution in [-0.2, 0) is 20.9 Å². The minimum atomic E-state index is -0.875. The van der Waals surface area contributed by atoms with Gasteiger partial charge in [0.05, 0.1) is 6.54 Å². The van der Waals surface area contributed by atoms with E-state index in [0.29, 0.717) is 38.1 Å². The van der Waals surface area contributed by atoms with Crippen molar-refractivity contribution in [2.75, 3.05) is 6.54 Å². The number of carbonyl (C=O) groups is 3. The van der Waals surface area contributed by atoms with E-state index in [1.807, 2.05) is 37.3 Å². The molecule has 1 aromatic rings. The largest absolute Gasteiger partial charge is 0.354 e. The maximum Gasteiger partial charge on any atom is 0.268 e. The number of amides is 3. The maximum absolute atomic E-state index is 12.9. The van der Waals surface area contributed by atoms with E-state index >= 15 is 0 Å². The van der Waals surface area contributed by atoms with E-state index < -0.39 is 5.54 Å². The normalized spacial score (nSPS) is 19.0. The highest BCUT2D eigenvalue weighted by atomic mass is 16.2. The van der Waals surface area contributed by atoms with Gasteiger partial charge in [-0.15, -0.1) is 0 Å². The zero-order valence-corrected chi connectivity index (χ0v) is 16.4. The molecule has 1 saturated carbocycles. The van der Waals surface area contributed by atoms with E-state index in [4.69, 9.17) is 0 Å². The van der Waals surface area contributed by atoms with E-state index in [2.05, 4.69) is 15.7 Å². The Balaban J connectivity index is 1.75. The van der Waals surface area contributed by atoms with E-state index in [0.717, 1.165) is 24.8 Å². The molecule has 0 aromatic heterocycles. The molecule has 0 atom stereocenters. The fourth-order valence-corrected chi connectivity index (χ4v) is 3.83. The highest BCUT2D eigenvalue weighted by molar-refractivity contribution is 6.40. The van der Waals surface area contributed by atoms with E-state index in [-0.39, 0.29) is 24.1 Å². The smallest absolute Gasteiger partial charge is 0.268 e. The Kier molecular flexibility index (Phi) is 6.44. The van der Waals surface area contributed by atoms with E-state index in [1.54, 1.807) is 0 Å². The maximum atomic E-state index is 12.9. The Morgan fingerprint density at radius 3 is 2.50 bits per heavy atom. The summed E-state index contributed by atoms with van der Waals surface area (Å²) in [5.41, 5.74) is 0.386. The number of hydrogen-bond acceptors (Lipinski definition) is 4. The molecule has 7 nitrogen and oxygen atoms in total. The second-order valence-electron chi connectivity index (χ2n) is 7.44. The lowest BCUT2D eigenvalue weighted by Gasteiger charge is -2.37. The summed E-state index contributed by atoms with van der Waals surface area (Å²) < 4.78 is 0. The third kappa shape index (κ3) is 4.58. The molecule has 1 aliphatic carbocycles. The zero-order chi connectivity index (χ0) is 20.0. The van der Waals surface area contributed by atoms with Crippen LogP contribution in [-0.4, -0.2) is 40.5 Å². The Hall–Kier alpha value is -2.70. The average molecular weight is 384 g/mol. The lowest BCUT2D eigenvalue weighted by atomic mass is 9.80. The first-order valence-electron chi connectivity index (χ1n) is 10.1. The summed E-state index contributed by atoms with van der Waals surface area (Å²) in [6, 6.07) is 9.56. The van der Waals surface area contributed by atoms with Gasteiger partial charge in [0.2, 0.25) is 11.8 Å². The van der Waals surface area contributed by atoms with Gasteiger partial charge in [-0.25, -0.2) is 5.01 Å². The molecule has 3 rings (SSSR count). The molecule has 1 heterocycles. The topological polar surface area (TPSA) is 90.9 Å². The first-order valence-corrected chi connectivity index (χ1v) is 10.1. The molecule has 1 fully saturated rings. The van der Waals surface area contributed by atoms with Gasteiger partial charge in [0, 0.05) is 19.4 Å². The molecular formula is C21H28N4O3. The number of benzene rings is 1. The zero-order valence-electron chi connectivity index (χ0n) is 16.4. The Labute approximate surface area is 165 Å². The van der Waals surface area contributed by atoms with Crippen LogP contribution in [0.5, 0.6) is 0 Å². The van der Waals surface area contributed by atoms with Gasteiger partial charge in [-0.2, -0.15) is 5.10 Å². The standard InChI is InChI=1S/C21H28N4O3/c1-2-22-20(28)21(13-7-4-8-14-21)23-19(27)17-11-12-18(26)25(24-17)15-16-9-5-3-6-10-16/h3,5-6,9-10H,2,4,7-8,11-15H2,1H3,(H,22,28)(H,23,27). The Morgan fingerprint density at radius 1 is 1.11 bits per heavy atom. The molecule has 0 spiro atoms. The summed E-state index contributed by atoms with van der Waals surface area (Å²) in [5.74, 6) is -0.577. The van der Waals surface area contributed by atoms with Crippen LogP contribution in [0.3, 0.4) is 0 Å². The van der Waals surface area contributed by atoms with Crippen LogP contribution in [0.15, 0.2) is 35.4 Å².